The molecule has 0 N–H and O–H groups in total. The van der Waals surface area contributed by atoms with Crippen molar-refractivity contribution in [3.63, 3.8) is 0 Å². The molecule has 1 aromatic carbocycles. The Morgan fingerprint density at radius 2 is 2.17 bits per heavy atom. The standard InChI is InChI=1S/C21H20Cl2N2O3S/c1-2-14-6-8-19(28-14)20(26)25(11-15-4-3-9-27-15)21-24-18(12-29-21)16-7-5-13(22)10-17(16)23/h5-8,10,12,15H,2-4,9,11H2,1H3. The molecule has 3 heterocycles. The van der Waals surface area contributed by atoms with Crippen molar-refractivity contribution < 1.29 is 13.9 Å². The van der Waals surface area contributed by atoms with Gasteiger partial charge in [-0.2, -0.15) is 0 Å². The first-order valence-electron chi connectivity index (χ1n) is 9.48. The summed E-state index contributed by atoms with van der Waals surface area (Å²) in [4.78, 5) is 19.6. The number of nitrogens with zero attached hydrogens (tertiary/aromatic N) is 2. The number of hydrogen-bond acceptors (Lipinski definition) is 5. The molecule has 1 aliphatic heterocycles. The second kappa shape index (κ2) is 8.88. The van der Waals surface area contributed by atoms with Gasteiger partial charge >= 0.3 is 0 Å². The molecule has 1 unspecified atom stereocenters. The van der Waals surface area contributed by atoms with Crippen LogP contribution in [0.4, 0.5) is 5.13 Å². The zero-order valence-electron chi connectivity index (χ0n) is 15.9. The molecule has 1 aliphatic rings. The minimum Gasteiger partial charge on any atom is -0.456 e. The number of halogens is 2. The number of aromatic nitrogens is 1. The van der Waals surface area contributed by atoms with Gasteiger partial charge in [-0.1, -0.05) is 30.1 Å². The highest BCUT2D eigenvalue weighted by Crippen LogP contribution is 2.34. The first kappa shape index (κ1) is 20.4. The molecule has 1 saturated heterocycles. The first-order chi connectivity index (χ1) is 14.0. The Bertz CT molecular complexity index is 1010. The number of aryl methyl sites for hydroxylation is 1. The summed E-state index contributed by atoms with van der Waals surface area (Å²) < 4.78 is 11.5. The summed E-state index contributed by atoms with van der Waals surface area (Å²) in [5.41, 5.74) is 1.47. The molecule has 0 radical (unpaired) electrons. The Morgan fingerprint density at radius 1 is 1.31 bits per heavy atom. The van der Waals surface area contributed by atoms with Gasteiger partial charge in [0.05, 0.1) is 23.4 Å². The van der Waals surface area contributed by atoms with E-state index in [2.05, 4.69) is 4.98 Å². The third-order valence-electron chi connectivity index (χ3n) is 4.81. The van der Waals surface area contributed by atoms with Gasteiger partial charge in [-0.25, -0.2) is 4.98 Å². The number of thiazole rings is 1. The van der Waals surface area contributed by atoms with E-state index < -0.39 is 0 Å². The maximum Gasteiger partial charge on any atom is 0.295 e. The predicted octanol–water partition coefficient (Wildman–Crippen LogP) is 6.10. The smallest absolute Gasteiger partial charge is 0.295 e. The van der Waals surface area contributed by atoms with E-state index in [1.807, 2.05) is 24.4 Å². The van der Waals surface area contributed by atoms with Gasteiger partial charge in [0.15, 0.2) is 10.9 Å². The lowest BCUT2D eigenvalue weighted by molar-refractivity contribution is 0.0893. The van der Waals surface area contributed by atoms with E-state index in [4.69, 9.17) is 32.4 Å². The van der Waals surface area contributed by atoms with Crippen molar-refractivity contribution in [1.82, 2.24) is 4.98 Å². The lowest BCUT2D eigenvalue weighted by Gasteiger charge is -2.22. The van der Waals surface area contributed by atoms with Crippen LogP contribution in [0.15, 0.2) is 40.1 Å². The quantitative estimate of drug-likeness (QED) is 0.455. The van der Waals surface area contributed by atoms with E-state index in [0.29, 0.717) is 33.2 Å². The lowest BCUT2D eigenvalue weighted by Crippen LogP contribution is -2.37. The van der Waals surface area contributed by atoms with Crippen molar-refractivity contribution >= 4 is 45.6 Å². The van der Waals surface area contributed by atoms with Crippen molar-refractivity contribution in [3.8, 4) is 11.3 Å². The molecule has 0 spiro atoms. The van der Waals surface area contributed by atoms with Crippen molar-refractivity contribution in [2.24, 2.45) is 0 Å². The average molecular weight is 451 g/mol. The Hall–Kier alpha value is -1.86. The summed E-state index contributed by atoms with van der Waals surface area (Å²) in [6.45, 7) is 3.14. The second-order valence-electron chi connectivity index (χ2n) is 6.81. The number of amides is 1. The molecule has 5 nitrogen and oxygen atoms in total. The molecule has 152 valence electrons. The molecule has 3 aromatic rings. The number of hydrogen-bond donors (Lipinski definition) is 0. The summed E-state index contributed by atoms with van der Waals surface area (Å²) in [6.07, 6.45) is 2.64. The van der Waals surface area contributed by atoms with Crippen LogP contribution in [0.2, 0.25) is 10.0 Å². The minimum absolute atomic E-state index is 0.00831. The van der Waals surface area contributed by atoms with Gasteiger partial charge in [-0.3, -0.25) is 9.69 Å². The van der Waals surface area contributed by atoms with Crippen LogP contribution in [0.25, 0.3) is 11.3 Å². The summed E-state index contributed by atoms with van der Waals surface area (Å²) >= 11 is 13.7. The summed E-state index contributed by atoms with van der Waals surface area (Å²) in [5, 5.41) is 3.56. The number of anilines is 1. The van der Waals surface area contributed by atoms with E-state index in [1.54, 1.807) is 23.1 Å². The van der Waals surface area contributed by atoms with Crippen molar-refractivity contribution in [2.75, 3.05) is 18.1 Å². The second-order valence-corrected chi connectivity index (χ2v) is 8.49. The molecule has 0 aliphatic carbocycles. The molecule has 0 bridgehead atoms. The molecule has 1 fully saturated rings. The van der Waals surface area contributed by atoms with Crippen molar-refractivity contribution in [3.05, 3.63) is 57.3 Å². The maximum atomic E-state index is 13.2. The molecule has 4 rings (SSSR count). The highest BCUT2D eigenvalue weighted by Gasteiger charge is 2.28. The van der Waals surface area contributed by atoms with E-state index in [1.165, 1.54) is 11.3 Å². The van der Waals surface area contributed by atoms with E-state index in [9.17, 15) is 4.79 Å². The number of ether oxygens (including phenoxy) is 1. The molecule has 8 heteroatoms. The van der Waals surface area contributed by atoms with Crippen LogP contribution in [-0.2, 0) is 11.2 Å². The van der Waals surface area contributed by atoms with E-state index >= 15 is 0 Å². The minimum atomic E-state index is -0.219. The number of furan rings is 1. The Labute approximate surface area is 183 Å². The van der Waals surface area contributed by atoms with Crippen LogP contribution in [0.1, 0.15) is 36.1 Å². The third kappa shape index (κ3) is 4.51. The monoisotopic (exact) mass is 450 g/mol. The molecular formula is C21H20Cl2N2O3S. The molecule has 0 saturated carbocycles. The van der Waals surface area contributed by atoms with Gasteiger partial charge < -0.3 is 9.15 Å². The van der Waals surface area contributed by atoms with Gasteiger partial charge in [0.2, 0.25) is 0 Å². The largest absolute Gasteiger partial charge is 0.456 e. The zero-order chi connectivity index (χ0) is 20.4. The number of benzene rings is 1. The molecular weight excluding hydrogens is 431 g/mol. The Morgan fingerprint density at radius 3 is 2.86 bits per heavy atom. The SMILES string of the molecule is CCc1ccc(C(=O)N(CC2CCCO2)c2nc(-c3ccc(Cl)cc3Cl)cs2)o1. The number of rotatable bonds is 6. The number of carbonyl (C=O) groups excluding carboxylic acids is 1. The molecule has 2 aromatic heterocycles. The van der Waals surface area contributed by atoms with Gasteiger partial charge in [-0.15, -0.1) is 11.3 Å². The normalized spacial score (nSPS) is 16.3. The Kier molecular flexibility index (Phi) is 6.25. The van der Waals surface area contributed by atoms with Crippen LogP contribution in [0, 0.1) is 0 Å². The zero-order valence-corrected chi connectivity index (χ0v) is 18.2. The van der Waals surface area contributed by atoms with Gasteiger partial charge in [0.25, 0.3) is 5.91 Å². The van der Waals surface area contributed by atoms with Gasteiger partial charge in [-0.05, 0) is 43.2 Å². The Balaban J connectivity index is 1.65. The summed E-state index contributed by atoms with van der Waals surface area (Å²) in [6, 6.07) is 8.83. The lowest BCUT2D eigenvalue weighted by atomic mass is 10.2. The van der Waals surface area contributed by atoms with E-state index in [-0.39, 0.29) is 12.0 Å². The molecule has 1 amide bonds. The highest BCUT2D eigenvalue weighted by molar-refractivity contribution is 7.14. The highest BCUT2D eigenvalue weighted by atomic mass is 35.5. The first-order valence-corrected chi connectivity index (χ1v) is 11.1. The topological polar surface area (TPSA) is 55.6 Å². The van der Waals surface area contributed by atoms with Crippen LogP contribution < -0.4 is 4.90 Å². The maximum absolute atomic E-state index is 13.2. The summed E-state index contributed by atoms with van der Waals surface area (Å²) in [5.74, 6) is 0.864. The molecule has 1 atom stereocenters. The fraction of sp³-hybridized carbons (Fsp3) is 0.333. The number of carbonyl (C=O) groups is 1. The summed E-state index contributed by atoms with van der Waals surface area (Å²) in [7, 11) is 0. The van der Waals surface area contributed by atoms with Crippen molar-refractivity contribution in [1.29, 1.82) is 0 Å². The fourth-order valence-corrected chi connectivity index (χ4v) is 4.60. The van der Waals surface area contributed by atoms with Gasteiger partial charge in [0.1, 0.15) is 5.76 Å². The van der Waals surface area contributed by atoms with Gasteiger partial charge in [0, 0.05) is 29.0 Å². The third-order valence-corrected chi connectivity index (χ3v) is 6.22. The van der Waals surface area contributed by atoms with Crippen LogP contribution in [0.5, 0.6) is 0 Å². The van der Waals surface area contributed by atoms with E-state index in [0.717, 1.165) is 37.2 Å². The van der Waals surface area contributed by atoms with Crippen LogP contribution in [-0.4, -0.2) is 30.1 Å². The van der Waals surface area contributed by atoms with Crippen molar-refractivity contribution in [2.45, 2.75) is 32.3 Å². The average Bonchev–Trinajstić information content (AvgIpc) is 3.46. The molecule has 29 heavy (non-hydrogen) atoms. The fourth-order valence-electron chi connectivity index (χ4n) is 3.26. The predicted molar refractivity (Wildman–Crippen MR) is 116 cm³/mol. The van der Waals surface area contributed by atoms with Crippen LogP contribution in [0.3, 0.4) is 0 Å². The van der Waals surface area contributed by atoms with Crippen LogP contribution >= 0.6 is 34.5 Å².